The maximum atomic E-state index is 12.5. The summed E-state index contributed by atoms with van der Waals surface area (Å²) in [5, 5.41) is 29.1. The summed E-state index contributed by atoms with van der Waals surface area (Å²) in [6.45, 7) is 1.70. The molecule has 4 atom stereocenters. The van der Waals surface area contributed by atoms with E-state index in [1.54, 1.807) is 36.4 Å². The van der Waals surface area contributed by atoms with Crippen molar-refractivity contribution in [3.05, 3.63) is 65.7 Å². The van der Waals surface area contributed by atoms with Crippen molar-refractivity contribution in [3.8, 4) is 0 Å². The molecule has 3 rings (SSSR count). The van der Waals surface area contributed by atoms with E-state index >= 15 is 0 Å². The largest absolute Gasteiger partial charge is 0.388 e. The molecular weight excluding hydrogens is 422 g/mol. The number of aliphatic hydroxyl groups is 3. The fourth-order valence-electron chi connectivity index (χ4n) is 3.14. The van der Waals surface area contributed by atoms with Gasteiger partial charge in [-0.15, -0.1) is 0 Å². The molecule has 1 aliphatic heterocycles. The van der Waals surface area contributed by atoms with Crippen LogP contribution in [-0.2, 0) is 19.6 Å². The maximum Gasteiger partial charge on any atom is 0.261 e. The Morgan fingerprint density at radius 2 is 1.84 bits per heavy atom. The Morgan fingerprint density at radius 3 is 2.55 bits per heavy atom. The Hall–Kier alpha value is -2.56. The Kier molecular flexibility index (Phi) is 7.24. The van der Waals surface area contributed by atoms with E-state index in [2.05, 4.69) is 4.72 Å². The van der Waals surface area contributed by atoms with Crippen LogP contribution in [0.15, 0.2) is 59.5 Å². The van der Waals surface area contributed by atoms with Crippen LogP contribution in [0.3, 0.4) is 0 Å². The topological polar surface area (TPSA) is 133 Å². The van der Waals surface area contributed by atoms with Crippen molar-refractivity contribution in [1.82, 2.24) is 0 Å². The molecule has 0 amide bonds. The normalized spacial score (nSPS) is 24.3. The van der Waals surface area contributed by atoms with Gasteiger partial charge in [-0.1, -0.05) is 35.9 Å². The van der Waals surface area contributed by atoms with E-state index in [4.69, 9.17) is 4.74 Å². The molecule has 0 saturated carbocycles. The van der Waals surface area contributed by atoms with Crippen molar-refractivity contribution >= 4 is 27.6 Å². The number of allylic oxidation sites excluding steroid dienone is 1. The molecule has 1 saturated heterocycles. The van der Waals surface area contributed by atoms with Gasteiger partial charge in [0.25, 0.3) is 10.0 Å². The Morgan fingerprint density at radius 1 is 1.13 bits per heavy atom. The lowest BCUT2D eigenvalue weighted by Crippen LogP contribution is -2.53. The predicted octanol–water partition coefficient (Wildman–Crippen LogP) is 1.25. The molecule has 166 valence electrons. The van der Waals surface area contributed by atoms with Crippen LogP contribution in [0.5, 0.6) is 0 Å². The molecule has 2 aromatic rings. The first-order valence-corrected chi connectivity index (χ1v) is 11.2. The van der Waals surface area contributed by atoms with E-state index in [1.807, 2.05) is 6.92 Å². The molecule has 0 aromatic heterocycles. The van der Waals surface area contributed by atoms with Crippen molar-refractivity contribution in [1.29, 1.82) is 0 Å². The Bertz CT molecular complexity index is 1050. The lowest BCUT2D eigenvalue weighted by Gasteiger charge is -2.34. The summed E-state index contributed by atoms with van der Waals surface area (Å²) in [6, 6.07) is 13.0. The molecule has 0 radical (unpaired) electrons. The van der Waals surface area contributed by atoms with Gasteiger partial charge in [0.1, 0.15) is 18.3 Å². The predicted molar refractivity (Wildman–Crippen MR) is 115 cm³/mol. The van der Waals surface area contributed by atoms with Crippen molar-refractivity contribution < 1.29 is 33.3 Å². The number of ketones is 1. The van der Waals surface area contributed by atoms with Crippen LogP contribution in [0.1, 0.15) is 17.5 Å². The zero-order valence-electron chi connectivity index (χ0n) is 16.9. The molecule has 9 heteroatoms. The van der Waals surface area contributed by atoms with Gasteiger partial charge >= 0.3 is 0 Å². The molecule has 31 heavy (non-hydrogen) atoms. The van der Waals surface area contributed by atoms with Crippen LogP contribution in [0.4, 0.5) is 5.69 Å². The number of benzene rings is 2. The van der Waals surface area contributed by atoms with Gasteiger partial charge in [-0.2, -0.15) is 0 Å². The van der Waals surface area contributed by atoms with Crippen LogP contribution in [-0.4, -0.2) is 60.5 Å². The van der Waals surface area contributed by atoms with E-state index in [9.17, 15) is 28.5 Å². The van der Waals surface area contributed by atoms with Crippen molar-refractivity contribution in [2.45, 2.75) is 42.7 Å². The van der Waals surface area contributed by atoms with Gasteiger partial charge in [-0.25, -0.2) is 8.42 Å². The number of hydrogen-bond acceptors (Lipinski definition) is 7. The zero-order valence-corrected chi connectivity index (χ0v) is 17.7. The second-order valence-corrected chi connectivity index (χ2v) is 9.15. The number of nitrogens with one attached hydrogen (secondary N) is 1. The molecule has 0 unspecified atom stereocenters. The minimum absolute atomic E-state index is 0.146. The monoisotopic (exact) mass is 447 g/mol. The summed E-state index contributed by atoms with van der Waals surface area (Å²) in [5.41, 5.74) is 1.89. The molecule has 1 aliphatic rings. The SMILES string of the molecule is Cc1ccc(S(=O)(=O)Nc2cccc(/C=C/C(=O)C[C@@H]3OC[C@@H](O)[C@H](O)[C@H]3O)c2)cc1. The number of rotatable bonds is 7. The molecular formula is C22H25NO7S. The number of anilines is 1. The van der Waals surface area contributed by atoms with Crippen LogP contribution < -0.4 is 4.72 Å². The minimum Gasteiger partial charge on any atom is -0.388 e. The summed E-state index contributed by atoms with van der Waals surface area (Å²) in [7, 11) is -3.74. The first-order chi connectivity index (χ1) is 14.7. The second-order valence-electron chi connectivity index (χ2n) is 7.47. The highest BCUT2D eigenvalue weighted by Crippen LogP contribution is 2.20. The average molecular weight is 448 g/mol. The minimum atomic E-state index is -3.74. The van der Waals surface area contributed by atoms with Gasteiger partial charge in [0.15, 0.2) is 5.78 Å². The molecule has 2 aromatic carbocycles. The van der Waals surface area contributed by atoms with E-state index < -0.39 is 34.4 Å². The summed E-state index contributed by atoms with van der Waals surface area (Å²) in [5.74, 6) is -0.349. The van der Waals surface area contributed by atoms with Gasteiger partial charge in [0, 0.05) is 12.1 Å². The molecule has 0 bridgehead atoms. The van der Waals surface area contributed by atoms with Crippen molar-refractivity contribution in [2.75, 3.05) is 11.3 Å². The number of carbonyl (C=O) groups is 1. The van der Waals surface area contributed by atoms with Crippen LogP contribution in [0, 0.1) is 6.92 Å². The molecule has 0 aliphatic carbocycles. The number of hydrogen-bond donors (Lipinski definition) is 4. The first kappa shape index (κ1) is 23.1. The summed E-state index contributed by atoms with van der Waals surface area (Å²) in [4.78, 5) is 12.4. The molecule has 4 N–H and O–H groups in total. The molecule has 1 fully saturated rings. The van der Waals surface area contributed by atoms with Gasteiger partial charge in [0.2, 0.25) is 0 Å². The fraction of sp³-hybridized carbons (Fsp3) is 0.318. The van der Waals surface area contributed by atoms with Crippen molar-refractivity contribution in [2.24, 2.45) is 0 Å². The zero-order chi connectivity index (χ0) is 22.6. The summed E-state index contributed by atoms with van der Waals surface area (Å²) >= 11 is 0. The number of aryl methyl sites for hydroxylation is 1. The average Bonchev–Trinajstić information content (AvgIpc) is 2.73. The third-order valence-corrected chi connectivity index (χ3v) is 6.34. The fourth-order valence-corrected chi connectivity index (χ4v) is 4.19. The molecule has 1 heterocycles. The third-order valence-electron chi connectivity index (χ3n) is 4.94. The third kappa shape index (κ3) is 5.99. The Labute approximate surface area is 180 Å². The number of carbonyl (C=O) groups excluding carboxylic acids is 1. The van der Waals surface area contributed by atoms with Crippen LogP contribution in [0.2, 0.25) is 0 Å². The van der Waals surface area contributed by atoms with Gasteiger partial charge in [-0.3, -0.25) is 9.52 Å². The smallest absolute Gasteiger partial charge is 0.261 e. The number of sulfonamides is 1. The highest BCUT2D eigenvalue weighted by Gasteiger charge is 2.37. The summed E-state index contributed by atoms with van der Waals surface area (Å²) in [6.07, 6.45) is -2.18. The molecule has 8 nitrogen and oxygen atoms in total. The van der Waals surface area contributed by atoms with Gasteiger partial charge in [0.05, 0.1) is 17.6 Å². The maximum absolute atomic E-state index is 12.5. The highest BCUT2D eigenvalue weighted by atomic mass is 32.2. The van der Waals surface area contributed by atoms with Crippen LogP contribution >= 0.6 is 0 Å². The standard InChI is InChI=1S/C22H25NO7S/c1-14-5-9-18(10-6-14)31(28,29)23-16-4-2-3-15(11-16)7-8-17(24)12-20-22(27)21(26)19(25)13-30-20/h2-11,19-23,25-27H,12-13H2,1H3/b8-7+/t19-,20+,21+,22+/m1/s1. The van der Waals surface area contributed by atoms with Gasteiger partial charge < -0.3 is 20.1 Å². The quantitative estimate of drug-likeness (QED) is 0.470. The van der Waals surface area contributed by atoms with Crippen LogP contribution in [0.25, 0.3) is 6.08 Å². The first-order valence-electron chi connectivity index (χ1n) is 9.72. The Balaban J connectivity index is 1.64. The van der Waals surface area contributed by atoms with E-state index in [0.717, 1.165) is 5.56 Å². The number of aliphatic hydroxyl groups excluding tert-OH is 3. The molecule has 0 spiro atoms. The number of ether oxygens (including phenoxy) is 1. The van der Waals surface area contributed by atoms with E-state index in [0.29, 0.717) is 11.3 Å². The van der Waals surface area contributed by atoms with Crippen molar-refractivity contribution in [3.63, 3.8) is 0 Å². The summed E-state index contributed by atoms with van der Waals surface area (Å²) < 4.78 is 32.8. The second kappa shape index (κ2) is 9.71. The van der Waals surface area contributed by atoms with E-state index in [1.165, 1.54) is 24.3 Å². The lowest BCUT2D eigenvalue weighted by atomic mass is 9.96. The lowest BCUT2D eigenvalue weighted by molar-refractivity contribution is -0.188. The van der Waals surface area contributed by atoms with E-state index in [-0.39, 0.29) is 23.7 Å². The highest BCUT2D eigenvalue weighted by molar-refractivity contribution is 7.92. The van der Waals surface area contributed by atoms with Gasteiger partial charge in [-0.05, 0) is 42.8 Å².